The van der Waals surface area contributed by atoms with Gasteiger partial charge in [0, 0.05) is 12.6 Å². The number of alkyl carbamates (subject to hydrolysis) is 1. The van der Waals surface area contributed by atoms with Crippen LogP contribution in [0.1, 0.15) is 63.8 Å². The molecule has 0 fully saturated rings. The Morgan fingerprint density at radius 2 is 1.76 bits per heavy atom. The van der Waals surface area contributed by atoms with Crippen LogP contribution in [-0.2, 0) is 20.9 Å². The van der Waals surface area contributed by atoms with Crippen molar-refractivity contribution >= 4 is 35.7 Å². The number of benzene rings is 2. The second-order valence-electron chi connectivity index (χ2n) is 10.3. The molecule has 206 valence electrons. The zero-order valence-corrected chi connectivity index (χ0v) is 24.1. The molecule has 0 bridgehead atoms. The molecule has 0 saturated heterocycles. The molecule has 2 aromatic rings. The van der Waals surface area contributed by atoms with Crippen LogP contribution in [0, 0.1) is 0 Å². The number of nitrogens with zero attached hydrogens (tertiary/aromatic N) is 1. The summed E-state index contributed by atoms with van der Waals surface area (Å²) in [4.78, 5) is 42.1. The molecular formula is C30H41N3O4S. The summed E-state index contributed by atoms with van der Waals surface area (Å²) in [5, 5.41) is 5.76. The molecule has 0 heterocycles. The van der Waals surface area contributed by atoms with Gasteiger partial charge in [-0.05, 0) is 75.8 Å². The molecule has 0 saturated carbocycles. The number of carbonyl (C=O) groups is 3. The van der Waals surface area contributed by atoms with Gasteiger partial charge >= 0.3 is 6.09 Å². The molecule has 2 rings (SSSR count). The van der Waals surface area contributed by atoms with Gasteiger partial charge in [-0.15, -0.1) is 0 Å². The van der Waals surface area contributed by atoms with Gasteiger partial charge in [-0.25, -0.2) is 4.79 Å². The molecule has 0 aliphatic carbocycles. The van der Waals surface area contributed by atoms with Crippen molar-refractivity contribution < 1.29 is 19.1 Å². The summed E-state index contributed by atoms with van der Waals surface area (Å²) in [5.74, 6) is -0.00336. The summed E-state index contributed by atoms with van der Waals surface area (Å²) < 4.78 is 5.43. The summed E-state index contributed by atoms with van der Waals surface area (Å²) in [6.45, 7) is 13.2. The number of carbonyl (C=O) groups excluding carboxylic acids is 3. The van der Waals surface area contributed by atoms with E-state index < -0.39 is 23.8 Å². The van der Waals surface area contributed by atoms with Crippen molar-refractivity contribution in [1.29, 1.82) is 0 Å². The van der Waals surface area contributed by atoms with E-state index >= 15 is 0 Å². The molecular weight excluding hydrogens is 498 g/mol. The second-order valence-corrected chi connectivity index (χ2v) is 11.3. The Morgan fingerprint density at radius 3 is 2.34 bits per heavy atom. The first-order valence-electron chi connectivity index (χ1n) is 12.8. The van der Waals surface area contributed by atoms with Crippen LogP contribution < -0.4 is 10.6 Å². The van der Waals surface area contributed by atoms with Crippen molar-refractivity contribution in [2.24, 2.45) is 0 Å². The third kappa shape index (κ3) is 9.56. The summed E-state index contributed by atoms with van der Waals surface area (Å²) >= 11 is 1.58. The molecule has 0 aliphatic rings. The van der Waals surface area contributed by atoms with Crippen LogP contribution in [-0.4, -0.2) is 52.5 Å². The minimum Gasteiger partial charge on any atom is -0.444 e. The zero-order valence-electron chi connectivity index (χ0n) is 23.3. The standard InChI is InChI=1S/C30H41N3O4S/c1-8-22-15-12-16-24(19-22)26(27(34)31-20-23-13-10-9-11-14-23)33(21(2)3)28(35)25(17-18-38-7)32-29(36)37-30(4,5)6/h8-16,19,21,25-26H,1,17-18,20H2,2-7H3,(H,31,34)(H,32,36). The Kier molecular flexibility index (Phi) is 11.9. The minimum absolute atomic E-state index is 0.307. The summed E-state index contributed by atoms with van der Waals surface area (Å²) in [6.07, 6.45) is 3.37. The summed E-state index contributed by atoms with van der Waals surface area (Å²) in [7, 11) is 0. The smallest absolute Gasteiger partial charge is 0.408 e. The third-order valence-corrected chi connectivity index (χ3v) is 6.35. The van der Waals surface area contributed by atoms with E-state index in [9.17, 15) is 14.4 Å². The van der Waals surface area contributed by atoms with Gasteiger partial charge < -0.3 is 20.3 Å². The van der Waals surface area contributed by atoms with Gasteiger partial charge in [-0.3, -0.25) is 9.59 Å². The highest BCUT2D eigenvalue weighted by Crippen LogP contribution is 2.27. The largest absolute Gasteiger partial charge is 0.444 e. The fourth-order valence-electron chi connectivity index (χ4n) is 3.98. The molecule has 2 atom stereocenters. The molecule has 0 spiro atoms. The molecule has 7 nitrogen and oxygen atoms in total. The maximum Gasteiger partial charge on any atom is 0.408 e. The van der Waals surface area contributed by atoms with E-state index in [1.54, 1.807) is 43.5 Å². The fourth-order valence-corrected chi connectivity index (χ4v) is 4.45. The van der Waals surface area contributed by atoms with Gasteiger partial charge in [0.25, 0.3) is 0 Å². The molecule has 0 aliphatic heterocycles. The first-order valence-corrected chi connectivity index (χ1v) is 14.2. The van der Waals surface area contributed by atoms with E-state index in [2.05, 4.69) is 17.2 Å². The lowest BCUT2D eigenvalue weighted by molar-refractivity contribution is -0.144. The lowest BCUT2D eigenvalue weighted by Gasteiger charge is -2.37. The van der Waals surface area contributed by atoms with E-state index in [0.717, 1.165) is 11.1 Å². The number of hydrogen-bond donors (Lipinski definition) is 2. The van der Waals surface area contributed by atoms with Gasteiger partial charge in [0.15, 0.2) is 0 Å². The topological polar surface area (TPSA) is 87.7 Å². The Balaban J connectivity index is 2.46. The van der Waals surface area contributed by atoms with Crippen LogP contribution in [0.25, 0.3) is 6.08 Å². The lowest BCUT2D eigenvalue weighted by atomic mass is 9.98. The van der Waals surface area contributed by atoms with Crippen LogP contribution in [0.4, 0.5) is 4.79 Å². The number of ether oxygens (including phenoxy) is 1. The van der Waals surface area contributed by atoms with Gasteiger partial charge in [0.2, 0.25) is 11.8 Å². The van der Waals surface area contributed by atoms with E-state index in [-0.39, 0.29) is 17.9 Å². The SMILES string of the molecule is C=Cc1cccc(C(C(=O)NCc2ccccc2)N(C(=O)C(CCSC)NC(=O)OC(C)(C)C)C(C)C)c1. The highest BCUT2D eigenvalue weighted by molar-refractivity contribution is 7.98. The predicted octanol–water partition coefficient (Wildman–Crippen LogP) is 5.57. The minimum atomic E-state index is -0.914. The van der Waals surface area contributed by atoms with Crippen molar-refractivity contribution in [3.8, 4) is 0 Å². The molecule has 2 unspecified atom stereocenters. The number of hydrogen-bond acceptors (Lipinski definition) is 5. The van der Waals surface area contributed by atoms with Crippen molar-refractivity contribution in [1.82, 2.24) is 15.5 Å². The molecule has 8 heteroatoms. The van der Waals surface area contributed by atoms with Gasteiger partial charge in [0.05, 0.1) is 0 Å². The molecule has 0 aromatic heterocycles. The van der Waals surface area contributed by atoms with E-state index in [1.807, 2.05) is 74.7 Å². The average Bonchev–Trinajstić information content (AvgIpc) is 2.87. The molecule has 3 amide bonds. The van der Waals surface area contributed by atoms with Gasteiger partial charge in [-0.2, -0.15) is 11.8 Å². The van der Waals surface area contributed by atoms with Crippen LogP contribution in [0.5, 0.6) is 0 Å². The normalized spacial score (nSPS) is 12.8. The van der Waals surface area contributed by atoms with Gasteiger partial charge in [0.1, 0.15) is 17.7 Å². The molecule has 38 heavy (non-hydrogen) atoms. The Morgan fingerprint density at radius 1 is 1.08 bits per heavy atom. The fraction of sp³-hybridized carbons (Fsp3) is 0.433. The van der Waals surface area contributed by atoms with Gasteiger partial charge in [-0.1, -0.05) is 61.2 Å². The molecule has 2 aromatic carbocycles. The van der Waals surface area contributed by atoms with E-state index in [4.69, 9.17) is 4.74 Å². The molecule has 0 radical (unpaired) electrons. The van der Waals surface area contributed by atoms with Crippen molar-refractivity contribution in [3.63, 3.8) is 0 Å². The Bertz CT molecular complexity index is 1080. The lowest BCUT2D eigenvalue weighted by Crippen LogP contribution is -2.55. The first kappa shape index (κ1) is 31.0. The molecule has 2 N–H and O–H groups in total. The van der Waals surface area contributed by atoms with Crippen LogP contribution >= 0.6 is 11.8 Å². The third-order valence-electron chi connectivity index (χ3n) is 5.71. The predicted molar refractivity (Wildman–Crippen MR) is 156 cm³/mol. The maximum absolute atomic E-state index is 14.1. The van der Waals surface area contributed by atoms with Crippen LogP contribution in [0.15, 0.2) is 61.2 Å². The van der Waals surface area contributed by atoms with E-state index in [0.29, 0.717) is 24.3 Å². The number of rotatable bonds is 12. The van der Waals surface area contributed by atoms with Crippen molar-refractivity contribution in [3.05, 3.63) is 77.9 Å². The average molecular weight is 540 g/mol. The highest BCUT2D eigenvalue weighted by atomic mass is 32.2. The van der Waals surface area contributed by atoms with Crippen LogP contribution in [0.2, 0.25) is 0 Å². The quantitative estimate of drug-likeness (QED) is 0.368. The van der Waals surface area contributed by atoms with Crippen molar-refractivity contribution in [2.45, 2.75) is 71.3 Å². The Labute approximate surface area is 231 Å². The second kappa shape index (κ2) is 14.6. The summed E-state index contributed by atoms with van der Waals surface area (Å²) in [5.41, 5.74) is 1.74. The Hall–Kier alpha value is -3.26. The summed E-state index contributed by atoms with van der Waals surface area (Å²) in [6, 6.07) is 14.9. The van der Waals surface area contributed by atoms with E-state index in [1.165, 1.54) is 0 Å². The van der Waals surface area contributed by atoms with Crippen molar-refractivity contribution in [2.75, 3.05) is 12.0 Å². The number of thioether (sulfide) groups is 1. The first-order chi connectivity index (χ1) is 18.0. The number of nitrogens with one attached hydrogen (secondary N) is 2. The monoisotopic (exact) mass is 539 g/mol. The number of amides is 3. The zero-order chi connectivity index (χ0) is 28.3. The van der Waals surface area contributed by atoms with Crippen LogP contribution in [0.3, 0.4) is 0 Å². The highest BCUT2D eigenvalue weighted by Gasteiger charge is 2.37. The maximum atomic E-state index is 14.1.